The van der Waals surface area contributed by atoms with Crippen LogP contribution >= 0.6 is 11.6 Å². The van der Waals surface area contributed by atoms with E-state index in [-0.39, 0.29) is 11.7 Å². The number of halogens is 2. The molecule has 3 heterocycles. The van der Waals surface area contributed by atoms with E-state index in [2.05, 4.69) is 20.3 Å². The molecule has 3 N–H and O–H groups in total. The molecule has 4 rings (SSSR count). The van der Waals surface area contributed by atoms with Gasteiger partial charge in [0.15, 0.2) is 0 Å². The fourth-order valence-electron chi connectivity index (χ4n) is 3.73. The van der Waals surface area contributed by atoms with Gasteiger partial charge in [-0.3, -0.25) is 14.8 Å². The molecule has 0 aliphatic rings. The van der Waals surface area contributed by atoms with Crippen molar-refractivity contribution in [2.24, 2.45) is 0 Å². The van der Waals surface area contributed by atoms with Crippen LogP contribution in [0.4, 0.5) is 10.2 Å². The third kappa shape index (κ3) is 4.68. The molecule has 4 aromatic rings. The van der Waals surface area contributed by atoms with Crippen molar-refractivity contribution in [1.82, 2.24) is 20.3 Å². The van der Waals surface area contributed by atoms with Crippen molar-refractivity contribution in [1.29, 1.82) is 0 Å². The van der Waals surface area contributed by atoms with Crippen molar-refractivity contribution < 1.29 is 9.18 Å². The van der Waals surface area contributed by atoms with Gasteiger partial charge in [-0.05, 0) is 66.9 Å². The zero-order valence-electron chi connectivity index (χ0n) is 17.6. The van der Waals surface area contributed by atoms with Gasteiger partial charge in [-0.25, -0.2) is 9.37 Å². The van der Waals surface area contributed by atoms with Gasteiger partial charge in [0.05, 0.1) is 10.5 Å². The lowest BCUT2D eigenvalue weighted by atomic mass is 10.0. The molecule has 162 valence electrons. The summed E-state index contributed by atoms with van der Waals surface area (Å²) in [4.78, 5) is 25.7. The molecule has 0 spiro atoms. The first kappa shape index (κ1) is 21.6. The highest BCUT2D eigenvalue weighted by molar-refractivity contribution is 6.31. The number of hydrogen-bond acceptors (Lipinski definition) is 5. The highest BCUT2D eigenvalue weighted by atomic mass is 35.5. The second kappa shape index (κ2) is 8.88. The summed E-state index contributed by atoms with van der Waals surface area (Å²) in [6, 6.07) is 9.61. The summed E-state index contributed by atoms with van der Waals surface area (Å²) < 4.78 is 14.1. The van der Waals surface area contributed by atoms with Crippen molar-refractivity contribution in [3.8, 4) is 0 Å². The highest BCUT2D eigenvalue weighted by Gasteiger charge is 2.12. The lowest BCUT2D eigenvalue weighted by molar-refractivity contribution is 0.0950. The monoisotopic (exact) mass is 449 g/mol. The van der Waals surface area contributed by atoms with Crippen molar-refractivity contribution in [3.63, 3.8) is 0 Å². The van der Waals surface area contributed by atoms with Gasteiger partial charge in [0.25, 0.3) is 5.91 Å². The Morgan fingerprint density at radius 1 is 1.16 bits per heavy atom. The summed E-state index contributed by atoms with van der Waals surface area (Å²) in [6.07, 6.45) is 3.42. The molecule has 8 heteroatoms. The number of nitrogen functional groups attached to an aromatic ring is 1. The maximum absolute atomic E-state index is 14.1. The van der Waals surface area contributed by atoms with Gasteiger partial charge in [-0.15, -0.1) is 0 Å². The number of nitrogens with two attached hydrogens (primary N) is 1. The first-order valence-corrected chi connectivity index (χ1v) is 10.4. The van der Waals surface area contributed by atoms with Crippen molar-refractivity contribution in [2.45, 2.75) is 26.8 Å². The Hall–Kier alpha value is -3.58. The number of pyridine rings is 3. The molecular formula is C24H21ClFN5O. The number of rotatable bonds is 5. The number of benzene rings is 1. The fourth-order valence-corrected chi connectivity index (χ4v) is 3.90. The normalized spacial score (nSPS) is 11.0. The predicted molar refractivity (Wildman–Crippen MR) is 123 cm³/mol. The number of anilines is 1. The van der Waals surface area contributed by atoms with E-state index in [4.69, 9.17) is 17.3 Å². The molecule has 0 unspecified atom stereocenters. The lowest BCUT2D eigenvalue weighted by Gasteiger charge is -2.12. The molecule has 0 aliphatic carbocycles. The third-order valence-corrected chi connectivity index (χ3v) is 5.45. The molecule has 0 saturated carbocycles. The maximum Gasteiger partial charge on any atom is 0.251 e. The van der Waals surface area contributed by atoms with Gasteiger partial charge in [0, 0.05) is 47.7 Å². The van der Waals surface area contributed by atoms with Crippen LogP contribution in [-0.2, 0) is 13.0 Å². The number of fused-ring (bicyclic) bond motifs is 1. The average molecular weight is 450 g/mol. The molecule has 0 aliphatic heterocycles. The molecule has 1 amide bonds. The van der Waals surface area contributed by atoms with Crippen LogP contribution in [0.2, 0.25) is 5.02 Å². The predicted octanol–water partition coefficient (Wildman–Crippen LogP) is 4.54. The van der Waals surface area contributed by atoms with Crippen LogP contribution < -0.4 is 11.1 Å². The number of hydrogen-bond donors (Lipinski definition) is 2. The Bertz CT molecular complexity index is 1310. The summed E-state index contributed by atoms with van der Waals surface area (Å²) in [5, 5.41) is 3.97. The van der Waals surface area contributed by atoms with E-state index in [1.807, 2.05) is 13.8 Å². The minimum atomic E-state index is -0.381. The van der Waals surface area contributed by atoms with Crippen LogP contribution in [0.25, 0.3) is 10.9 Å². The van der Waals surface area contributed by atoms with Crippen LogP contribution in [0.3, 0.4) is 0 Å². The summed E-state index contributed by atoms with van der Waals surface area (Å²) in [7, 11) is 0. The maximum atomic E-state index is 14.1. The van der Waals surface area contributed by atoms with E-state index in [0.29, 0.717) is 51.5 Å². The summed E-state index contributed by atoms with van der Waals surface area (Å²) >= 11 is 5.99. The summed E-state index contributed by atoms with van der Waals surface area (Å²) in [6.45, 7) is 4.13. The molecule has 0 fully saturated rings. The Morgan fingerprint density at radius 3 is 2.75 bits per heavy atom. The fraction of sp³-hybridized carbons (Fsp3) is 0.167. The van der Waals surface area contributed by atoms with E-state index in [9.17, 15) is 9.18 Å². The molecule has 6 nitrogen and oxygen atoms in total. The molecule has 32 heavy (non-hydrogen) atoms. The first-order valence-electron chi connectivity index (χ1n) is 9.99. The molecule has 0 saturated heterocycles. The van der Waals surface area contributed by atoms with Gasteiger partial charge in [0.2, 0.25) is 0 Å². The minimum absolute atomic E-state index is 0.238. The molecule has 0 atom stereocenters. The van der Waals surface area contributed by atoms with Gasteiger partial charge < -0.3 is 11.1 Å². The van der Waals surface area contributed by atoms with Crippen molar-refractivity contribution in [2.75, 3.05) is 5.73 Å². The summed E-state index contributed by atoms with van der Waals surface area (Å²) in [5.74, 6) is -0.165. The van der Waals surface area contributed by atoms with E-state index in [0.717, 1.165) is 16.8 Å². The number of carbonyl (C=O) groups excluding carboxylic acids is 1. The van der Waals surface area contributed by atoms with Crippen LogP contribution in [0.1, 0.15) is 38.4 Å². The summed E-state index contributed by atoms with van der Waals surface area (Å²) in [5.41, 5.74) is 10.9. The minimum Gasteiger partial charge on any atom is -0.384 e. The van der Waals surface area contributed by atoms with E-state index in [1.54, 1.807) is 30.5 Å². The molecular weight excluding hydrogens is 429 g/mol. The number of aromatic nitrogens is 3. The SMILES string of the molecule is Cc1cc(N)nc(C)c1CNC(=O)c1ccnc(Cc2cc(F)cc3cc(Cl)cnc23)c1. The van der Waals surface area contributed by atoms with E-state index < -0.39 is 0 Å². The zero-order chi connectivity index (χ0) is 22.8. The number of carbonyl (C=O) groups is 1. The second-order valence-electron chi connectivity index (χ2n) is 7.61. The Balaban J connectivity index is 1.54. The van der Waals surface area contributed by atoms with Crippen LogP contribution in [0.5, 0.6) is 0 Å². The molecule has 1 aromatic carbocycles. The number of aryl methyl sites for hydroxylation is 2. The first-order chi connectivity index (χ1) is 15.3. The van der Waals surface area contributed by atoms with Gasteiger partial charge >= 0.3 is 0 Å². The molecule has 0 bridgehead atoms. The molecule has 3 aromatic heterocycles. The smallest absolute Gasteiger partial charge is 0.251 e. The Kier molecular flexibility index (Phi) is 6.01. The van der Waals surface area contributed by atoms with Crippen molar-refractivity contribution >= 4 is 34.2 Å². The Labute approximate surface area is 189 Å². The van der Waals surface area contributed by atoms with Gasteiger partial charge in [-0.2, -0.15) is 0 Å². The topological polar surface area (TPSA) is 93.8 Å². The van der Waals surface area contributed by atoms with Crippen LogP contribution in [-0.4, -0.2) is 20.9 Å². The highest BCUT2D eigenvalue weighted by Crippen LogP contribution is 2.24. The Morgan fingerprint density at radius 2 is 1.97 bits per heavy atom. The quantitative estimate of drug-likeness (QED) is 0.466. The molecule has 0 radical (unpaired) electrons. The average Bonchev–Trinajstić information content (AvgIpc) is 2.72. The second-order valence-corrected chi connectivity index (χ2v) is 8.05. The van der Waals surface area contributed by atoms with Gasteiger partial charge in [-0.1, -0.05) is 11.6 Å². The largest absolute Gasteiger partial charge is 0.384 e. The standard InChI is InChI=1S/C24H21ClFN5O/c1-13-5-22(27)31-14(2)21(13)12-30-24(32)15-3-4-28-20(9-15)10-17-8-19(26)7-16-6-18(25)11-29-23(16)17/h3-9,11H,10,12H2,1-2H3,(H2,27,31)(H,30,32). The number of nitrogens with one attached hydrogen (secondary N) is 1. The van der Waals surface area contributed by atoms with E-state index in [1.165, 1.54) is 18.3 Å². The lowest BCUT2D eigenvalue weighted by Crippen LogP contribution is -2.24. The van der Waals surface area contributed by atoms with Gasteiger partial charge in [0.1, 0.15) is 11.6 Å². The van der Waals surface area contributed by atoms with Crippen LogP contribution in [0, 0.1) is 19.7 Å². The van der Waals surface area contributed by atoms with E-state index >= 15 is 0 Å². The number of nitrogens with zero attached hydrogens (tertiary/aromatic N) is 3. The van der Waals surface area contributed by atoms with Crippen molar-refractivity contribution in [3.05, 3.63) is 93.3 Å². The number of amides is 1. The third-order valence-electron chi connectivity index (χ3n) is 5.24. The van der Waals surface area contributed by atoms with Crippen LogP contribution in [0.15, 0.2) is 48.8 Å². The zero-order valence-corrected chi connectivity index (χ0v) is 18.4.